The molecule has 4 rings (SSSR count). The minimum atomic E-state index is -4.54. The summed E-state index contributed by atoms with van der Waals surface area (Å²) >= 11 is 0.972. The van der Waals surface area contributed by atoms with Gasteiger partial charge in [0.15, 0.2) is 0 Å². The number of nitrogens with zero attached hydrogens (tertiary/aromatic N) is 3. The van der Waals surface area contributed by atoms with Crippen molar-refractivity contribution in [3.63, 3.8) is 0 Å². The second-order valence-electron chi connectivity index (χ2n) is 7.74. The number of thiophene rings is 1. The molecule has 1 aliphatic heterocycles. The molecule has 6 nitrogen and oxygen atoms in total. The van der Waals surface area contributed by atoms with Crippen LogP contribution in [0.4, 0.5) is 13.2 Å². The Bertz CT molecular complexity index is 1210. The number of methoxy groups -OCH3 is 1. The summed E-state index contributed by atoms with van der Waals surface area (Å²) in [6.45, 7) is 3.33. The number of amides is 2. The Morgan fingerprint density at radius 3 is 2.33 bits per heavy atom. The SMILES string of the molecule is COc1ccccc1C(=O)N1CCCN(C(=O)c2sc3nc(C(F)(F)F)ccc3c2C)CC1. The van der Waals surface area contributed by atoms with Crippen molar-refractivity contribution in [1.29, 1.82) is 0 Å². The van der Waals surface area contributed by atoms with Crippen molar-refractivity contribution in [3.8, 4) is 5.75 Å². The van der Waals surface area contributed by atoms with Gasteiger partial charge in [0.05, 0.1) is 17.6 Å². The second-order valence-corrected chi connectivity index (χ2v) is 8.74. The van der Waals surface area contributed by atoms with Gasteiger partial charge in [0.25, 0.3) is 11.8 Å². The van der Waals surface area contributed by atoms with E-state index < -0.39 is 11.9 Å². The van der Waals surface area contributed by atoms with Crippen LogP contribution in [-0.4, -0.2) is 59.9 Å². The van der Waals surface area contributed by atoms with Gasteiger partial charge in [-0.25, -0.2) is 4.98 Å². The average Bonchev–Trinajstić information content (AvgIpc) is 2.97. The fourth-order valence-electron chi connectivity index (χ4n) is 3.92. The van der Waals surface area contributed by atoms with Crippen molar-refractivity contribution in [2.75, 3.05) is 33.3 Å². The number of aryl methyl sites for hydroxylation is 1. The van der Waals surface area contributed by atoms with E-state index in [1.54, 1.807) is 41.0 Å². The fourth-order valence-corrected chi connectivity index (χ4v) is 5.07. The molecule has 1 fully saturated rings. The molecular formula is C23H22F3N3O3S. The van der Waals surface area contributed by atoms with Crippen LogP contribution >= 0.6 is 11.3 Å². The highest BCUT2D eigenvalue weighted by molar-refractivity contribution is 7.20. The van der Waals surface area contributed by atoms with Gasteiger partial charge in [-0.2, -0.15) is 13.2 Å². The number of carbonyl (C=O) groups excluding carboxylic acids is 2. The Morgan fingerprint density at radius 1 is 1.00 bits per heavy atom. The highest BCUT2D eigenvalue weighted by Gasteiger charge is 2.33. The molecule has 174 valence electrons. The molecule has 33 heavy (non-hydrogen) atoms. The van der Waals surface area contributed by atoms with Crippen LogP contribution in [0, 0.1) is 6.92 Å². The lowest BCUT2D eigenvalue weighted by atomic mass is 10.1. The summed E-state index contributed by atoms with van der Waals surface area (Å²) < 4.78 is 44.3. The van der Waals surface area contributed by atoms with Gasteiger partial charge < -0.3 is 14.5 Å². The average molecular weight is 478 g/mol. The van der Waals surface area contributed by atoms with Gasteiger partial charge >= 0.3 is 6.18 Å². The molecule has 3 heterocycles. The summed E-state index contributed by atoms with van der Waals surface area (Å²) in [5.74, 6) is 0.0747. The number of benzene rings is 1. The molecule has 2 aromatic heterocycles. The van der Waals surface area contributed by atoms with E-state index in [4.69, 9.17) is 4.74 Å². The zero-order valence-corrected chi connectivity index (χ0v) is 18.9. The topological polar surface area (TPSA) is 62.7 Å². The van der Waals surface area contributed by atoms with Gasteiger partial charge in [-0.05, 0) is 43.2 Å². The maximum Gasteiger partial charge on any atom is 0.433 e. The molecule has 2 amide bonds. The van der Waals surface area contributed by atoms with Crippen molar-refractivity contribution < 1.29 is 27.5 Å². The lowest BCUT2D eigenvalue weighted by Crippen LogP contribution is -2.37. The molecule has 3 aromatic rings. The van der Waals surface area contributed by atoms with Crippen LogP contribution in [0.2, 0.25) is 0 Å². The fraction of sp³-hybridized carbons (Fsp3) is 0.348. The number of fused-ring (bicyclic) bond motifs is 1. The van der Waals surface area contributed by atoms with Gasteiger partial charge in [-0.15, -0.1) is 11.3 Å². The number of hydrogen-bond donors (Lipinski definition) is 0. The molecule has 0 aliphatic carbocycles. The largest absolute Gasteiger partial charge is 0.496 e. The monoisotopic (exact) mass is 477 g/mol. The van der Waals surface area contributed by atoms with Gasteiger partial charge in [-0.3, -0.25) is 9.59 Å². The highest BCUT2D eigenvalue weighted by atomic mass is 32.1. The molecule has 0 saturated carbocycles. The number of hydrogen-bond acceptors (Lipinski definition) is 5. The first kappa shape index (κ1) is 23.0. The van der Waals surface area contributed by atoms with Gasteiger partial charge in [0.2, 0.25) is 0 Å². The van der Waals surface area contributed by atoms with Crippen molar-refractivity contribution in [1.82, 2.24) is 14.8 Å². The van der Waals surface area contributed by atoms with Crippen LogP contribution in [0.15, 0.2) is 36.4 Å². The van der Waals surface area contributed by atoms with Crippen LogP contribution in [0.25, 0.3) is 10.2 Å². The van der Waals surface area contributed by atoms with E-state index in [-0.39, 0.29) is 16.6 Å². The van der Waals surface area contributed by atoms with Crippen molar-refractivity contribution in [2.24, 2.45) is 0 Å². The molecule has 0 spiro atoms. The Kier molecular flexibility index (Phi) is 6.29. The Balaban J connectivity index is 1.52. The van der Waals surface area contributed by atoms with Crippen LogP contribution in [-0.2, 0) is 6.18 Å². The number of pyridine rings is 1. The van der Waals surface area contributed by atoms with Crippen molar-refractivity contribution >= 4 is 33.4 Å². The number of para-hydroxylation sites is 1. The zero-order chi connectivity index (χ0) is 23.8. The Hall–Kier alpha value is -3.14. The molecule has 10 heteroatoms. The predicted molar refractivity (Wildman–Crippen MR) is 119 cm³/mol. The van der Waals surface area contributed by atoms with Gasteiger partial charge in [0, 0.05) is 31.6 Å². The lowest BCUT2D eigenvalue weighted by Gasteiger charge is -2.22. The molecule has 1 aromatic carbocycles. The van der Waals surface area contributed by atoms with E-state index in [1.807, 2.05) is 0 Å². The number of halogens is 3. The number of rotatable bonds is 3. The molecule has 0 atom stereocenters. The van der Waals surface area contributed by atoms with Crippen molar-refractivity contribution in [3.05, 3.63) is 58.1 Å². The number of aromatic nitrogens is 1. The van der Waals surface area contributed by atoms with E-state index in [9.17, 15) is 22.8 Å². The summed E-state index contributed by atoms with van der Waals surface area (Å²) in [5.41, 5.74) is 0.106. The predicted octanol–water partition coefficient (Wildman–Crippen LogP) is 4.62. The van der Waals surface area contributed by atoms with E-state index in [1.165, 1.54) is 13.2 Å². The lowest BCUT2D eigenvalue weighted by molar-refractivity contribution is -0.140. The van der Waals surface area contributed by atoms with Gasteiger partial charge in [0.1, 0.15) is 16.3 Å². The minimum absolute atomic E-state index is 0.163. The molecule has 0 radical (unpaired) electrons. The maximum absolute atomic E-state index is 13.2. The summed E-state index contributed by atoms with van der Waals surface area (Å²) in [6, 6.07) is 9.29. The standard InChI is InChI=1S/C23H22F3N3O3S/c1-14-15-8-9-18(23(24,25)26)27-20(15)33-19(14)22(31)29-11-5-10-28(12-13-29)21(30)16-6-3-4-7-17(16)32-2/h3-4,6-9H,5,10-13H2,1-2H3. The first-order valence-corrected chi connectivity index (χ1v) is 11.2. The Labute approximate surface area is 192 Å². The Morgan fingerprint density at radius 2 is 1.67 bits per heavy atom. The maximum atomic E-state index is 13.2. The van der Waals surface area contributed by atoms with E-state index in [0.717, 1.165) is 17.4 Å². The minimum Gasteiger partial charge on any atom is -0.496 e. The van der Waals surface area contributed by atoms with E-state index in [2.05, 4.69) is 4.98 Å². The van der Waals surface area contributed by atoms with Gasteiger partial charge in [-0.1, -0.05) is 12.1 Å². The second kappa shape index (κ2) is 9.01. The molecule has 0 N–H and O–H groups in total. The molecular weight excluding hydrogens is 455 g/mol. The first-order chi connectivity index (χ1) is 15.7. The number of alkyl halides is 3. The molecule has 1 aliphatic rings. The molecule has 0 unspecified atom stereocenters. The van der Waals surface area contributed by atoms with Crippen LogP contribution in [0.5, 0.6) is 5.75 Å². The molecule has 1 saturated heterocycles. The van der Waals surface area contributed by atoms with Crippen molar-refractivity contribution in [2.45, 2.75) is 19.5 Å². The smallest absolute Gasteiger partial charge is 0.433 e. The summed E-state index contributed by atoms with van der Waals surface area (Å²) in [7, 11) is 1.51. The number of ether oxygens (including phenoxy) is 1. The summed E-state index contributed by atoms with van der Waals surface area (Å²) in [5, 5.41) is 0.541. The third-order valence-electron chi connectivity index (χ3n) is 5.70. The quantitative estimate of drug-likeness (QED) is 0.552. The van der Waals surface area contributed by atoms with Crippen LogP contribution in [0.1, 0.15) is 37.7 Å². The third kappa shape index (κ3) is 4.52. The normalized spacial score (nSPS) is 14.9. The highest BCUT2D eigenvalue weighted by Crippen LogP contribution is 2.35. The van der Waals surface area contributed by atoms with E-state index in [0.29, 0.717) is 59.7 Å². The van der Waals surface area contributed by atoms with Crippen LogP contribution < -0.4 is 4.74 Å². The summed E-state index contributed by atoms with van der Waals surface area (Å²) in [4.78, 5) is 33.9. The summed E-state index contributed by atoms with van der Waals surface area (Å²) in [6.07, 6.45) is -3.95. The third-order valence-corrected chi connectivity index (χ3v) is 6.89. The molecule has 0 bridgehead atoms. The van der Waals surface area contributed by atoms with E-state index >= 15 is 0 Å². The van der Waals surface area contributed by atoms with Crippen LogP contribution in [0.3, 0.4) is 0 Å². The number of carbonyl (C=O) groups is 2. The first-order valence-electron chi connectivity index (χ1n) is 10.4. The zero-order valence-electron chi connectivity index (χ0n) is 18.1.